The van der Waals surface area contributed by atoms with Crippen molar-refractivity contribution in [2.45, 2.75) is 0 Å². The zero-order chi connectivity index (χ0) is 12.1. The Morgan fingerprint density at radius 2 is 2.38 bits per heavy atom. The SMILES string of the molecule is COCCN(C)c1ncc(C(=O)O)cc1N. The molecule has 1 aromatic rings. The number of anilines is 2. The number of nitrogen functional groups attached to an aromatic ring is 1. The highest BCUT2D eigenvalue weighted by Gasteiger charge is 2.10. The number of nitrogens with two attached hydrogens (primary N) is 1. The van der Waals surface area contributed by atoms with Gasteiger partial charge in [-0.05, 0) is 6.07 Å². The Morgan fingerprint density at radius 1 is 1.69 bits per heavy atom. The number of nitrogens with zero attached hydrogens (tertiary/aromatic N) is 2. The Labute approximate surface area is 93.6 Å². The molecule has 1 aromatic heterocycles. The maximum atomic E-state index is 10.7. The van der Waals surface area contributed by atoms with Crippen molar-refractivity contribution >= 4 is 17.5 Å². The van der Waals surface area contributed by atoms with Crippen molar-refractivity contribution in [3.8, 4) is 0 Å². The van der Waals surface area contributed by atoms with Gasteiger partial charge in [-0.1, -0.05) is 0 Å². The molecule has 0 saturated heterocycles. The molecule has 0 saturated carbocycles. The van der Waals surface area contributed by atoms with Gasteiger partial charge in [0, 0.05) is 26.9 Å². The summed E-state index contributed by atoms with van der Waals surface area (Å²) in [6.45, 7) is 1.19. The van der Waals surface area contributed by atoms with Gasteiger partial charge in [0.25, 0.3) is 0 Å². The van der Waals surface area contributed by atoms with Gasteiger partial charge in [0.05, 0.1) is 17.9 Å². The molecule has 0 unspecified atom stereocenters. The molecule has 0 atom stereocenters. The van der Waals surface area contributed by atoms with Crippen LogP contribution in [0.1, 0.15) is 10.4 Å². The Kier molecular flexibility index (Phi) is 4.07. The van der Waals surface area contributed by atoms with Gasteiger partial charge in [-0.25, -0.2) is 9.78 Å². The van der Waals surface area contributed by atoms with Gasteiger partial charge in [0.1, 0.15) is 0 Å². The molecule has 16 heavy (non-hydrogen) atoms. The van der Waals surface area contributed by atoms with Crippen molar-refractivity contribution in [3.63, 3.8) is 0 Å². The van der Waals surface area contributed by atoms with E-state index >= 15 is 0 Å². The molecule has 0 aromatic carbocycles. The number of rotatable bonds is 5. The fourth-order valence-electron chi connectivity index (χ4n) is 1.24. The first-order chi connectivity index (χ1) is 7.56. The molecule has 0 aliphatic carbocycles. The van der Waals surface area contributed by atoms with Crippen LogP contribution in [0, 0.1) is 0 Å². The Hall–Kier alpha value is -1.82. The quantitative estimate of drug-likeness (QED) is 0.756. The number of methoxy groups -OCH3 is 1. The number of carbonyl (C=O) groups is 1. The van der Waals surface area contributed by atoms with Crippen LogP contribution in [0.5, 0.6) is 0 Å². The van der Waals surface area contributed by atoms with Crippen molar-refractivity contribution in [2.75, 3.05) is 37.9 Å². The highest BCUT2D eigenvalue weighted by Crippen LogP contribution is 2.19. The molecule has 1 heterocycles. The molecule has 0 bridgehead atoms. The lowest BCUT2D eigenvalue weighted by molar-refractivity contribution is 0.0696. The monoisotopic (exact) mass is 225 g/mol. The molecule has 0 aliphatic heterocycles. The van der Waals surface area contributed by atoms with Gasteiger partial charge in [0.15, 0.2) is 5.82 Å². The van der Waals surface area contributed by atoms with Crippen LogP contribution >= 0.6 is 0 Å². The van der Waals surface area contributed by atoms with Crippen LogP contribution < -0.4 is 10.6 Å². The van der Waals surface area contributed by atoms with E-state index in [0.717, 1.165) is 0 Å². The van der Waals surface area contributed by atoms with Crippen molar-refractivity contribution in [1.29, 1.82) is 0 Å². The van der Waals surface area contributed by atoms with Crippen LogP contribution in [0.15, 0.2) is 12.3 Å². The zero-order valence-electron chi connectivity index (χ0n) is 9.30. The molecular weight excluding hydrogens is 210 g/mol. The lowest BCUT2D eigenvalue weighted by atomic mass is 10.2. The number of pyridine rings is 1. The van der Waals surface area contributed by atoms with Gasteiger partial charge in [-0.15, -0.1) is 0 Å². The van der Waals surface area contributed by atoms with Gasteiger partial charge >= 0.3 is 5.97 Å². The summed E-state index contributed by atoms with van der Waals surface area (Å²) < 4.78 is 4.93. The third kappa shape index (κ3) is 2.83. The maximum absolute atomic E-state index is 10.7. The molecule has 0 aliphatic rings. The molecule has 0 radical (unpaired) electrons. The second-order valence-electron chi connectivity index (χ2n) is 3.36. The zero-order valence-corrected chi connectivity index (χ0v) is 9.30. The predicted molar refractivity (Wildman–Crippen MR) is 60.8 cm³/mol. The number of carboxylic acids is 1. The normalized spacial score (nSPS) is 10.1. The lowest BCUT2D eigenvalue weighted by Crippen LogP contribution is -2.24. The molecule has 0 fully saturated rings. The number of ether oxygens (including phenoxy) is 1. The Morgan fingerprint density at radius 3 is 2.88 bits per heavy atom. The van der Waals surface area contributed by atoms with E-state index in [0.29, 0.717) is 24.7 Å². The fraction of sp³-hybridized carbons (Fsp3) is 0.400. The van der Waals surface area contributed by atoms with E-state index in [9.17, 15) is 4.79 Å². The van der Waals surface area contributed by atoms with E-state index in [1.807, 2.05) is 11.9 Å². The van der Waals surface area contributed by atoms with E-state index in [4.69, 9.17) is 15.6 Å². The summed E-state index contributed by atoms with van der Waals surface area (Å²) in [6, 6.07) is 1.40. The minimum absolute atomic E-state index is 0.0846. The van der Waals surface area contributed by atoms with Gasteiger partial charge in [-0.2, -0.15) is 0 Å². The first kappa shape index (κ1) is 12.3. The summed E-state index contributed by atoms with van der Waals surface area (Å²) in [5.41, 5.74) is 6.15. The number of carboxylic acid groups (broad SMARTS) is 1. The Balaban J connectivity index is 2.85. The van der Waals surface area contributed by atoms with E-state index < -0.39 is 5.97 Å². The highest BCUT2D eigenvalue weighted by molar-refractivity contribution is 5.89. The topological polar surface area (TPSA) is 88.7 Å². The number of hydrogen-bond donors (Lipinski definition) is 2. The predicted octanol–water partition coefficient (Wildman–Crippen LogP) is 0.445. The molecule has 1 rings (SSSR count). The molecule has 6 nitrogen and oxygen atoms in total. The van der Waals surface area contributed by atoms with Crippen molar-refractivity contribution < 1.29 is 14.6 Å². The van der Waals surface area contributed by atoms with E-state index in [1.165, 1.54) is 12.3 Å². The second-order valence-corrected chi connectivity index (χ2v) is 3.36. The maximum Gasteiger partial charge on any atom is 0.337 e. The molecule has 88 valence electrons. The number of aromatic nitrogens is 1. The summed E-state index contributed by atoms with van der Waals surface area (Å²) in [5, 5.41) is 8.75. The number of likely N-dealkylation sites (N-methyl/N-ethyl adjacent to an activating group) is 1. The molecule has 3 N–H and O–H groups in total. The molecule has 0 amide bonds. The molecule has 6 heteroatoms. The van der Waals surface area contributed by atoms with Crippen LogP contribution in [0.25, 0.3) is 0 Å². The van der Waals surface area contributed by atoms with Crippen molar-refractivity contribution in [1.82, 2.24) is 4.98 Å². The third-order valence-electron chi connectivity index (χ3n) is 2.13. The van der Waals surface area contributed by atoms with Crippen molar-refractivity contribution in [2.24, 2.45) is 0 Å². The van der Waals surface area contributed by atoms with E-state index in [2.05, 4.69) is 4.98 Å². The third-order valence-corrected chi connectivity index (χ3v) is 2.13. The van der Waals surface area contributed by atoms with Crippen LogP contribution in [-0.4, -0.2) is 43.4 Å². The van der Waals surface area contributed by atoms with E-state index in [1.54, 1.807) is 7.11 Å². The van der Waals surface area contributed by atoms with Crippen molar-refractivity contribution in [3.05, 3.63) is 17.8 Å². The smallest absolute Gasteiger partial charge is 0.337 e. The molecular formula is C10H15N3O3. The summed E-state index contributed by atoms with van der Waals surface area (Å²) in [7, 11) is 3.43. The van der Waals surface area contributed by atoms with Gasteiger partial charge in [-0.3, -0.25) is 0 Å². The largest absolute Gasteiger partial charge is 0.478 e. The van der Waals surface area contributed by atoms with Gasteiger partial charge < -0.3 is 20.5 Å². The van der Waals surface area contributed by atoms with Crippen LogP contribution in [0.2, 0.25) is 0 Å². The lowest BCUT2D eigenvalue weighted by Gasteiger charge is -2.19. The summed E-state index contributed by atoms with van der Waals surface area (Å²) in [6.07, 6.45) is 1.29. The summed E-state index contributed by atoms with van der Waals surface area (Å²) in [4.78, 5) is 16.5. The summed E-state index contributed by atoms with van der Waals surface area (Å²) in [5.74, 6) is -0.479. The first-order valence-corrected chi connectivity index (χ1v) is 4.75. The van der Waals surface area contributed by atoms with E-state index in [-0.39, 0.29) is 5.56 Å². The van der Waals surface area contributed by atoms with Gasteiger partial charge in [0.2, 0.25) is 0 Å². The molecule has 0 spiro atoms. The summed E-state index contributed by atoms with van der Waals surface area (Å²) >= 11 is 0. The average molecular weight is 225 g/mol. The highest BCUT2D eigenvalue weighted by atomic mass is 16.5. The second kappa shape index (κ2) is 5.32. The minimum Gasteiger partial charge on any atom is -0.478 e. The standard InChI is InChI=1S/C10H15N3O3/c1-13(3-4-16-2)9-8(11)5-7(6-12-9)10(14)15/h5-6H,3-4,11H2,1-2H3,(H,14,15). The van der Waals surface area contributed by atoms with Crippen LogP contribution in [-0.2, 0) is 4.74 Å². The average Bonchev–Trinajstić information content (AvgIpc) is 2.25. The van der Waals surface area contributed by atoms with Crippen LogP contribution in [0.3, 0.4) is 0 Å². The number of aromatic carboxylic acids is 1. The fourth-order valence-corrected chi connectivity index (χ4v) is 1.24. The minimum atomic E-state index is -1.04. The van der Waals surface area contributed by atoms with Crippen LogP contribution in [0.4, 0.5) is 11.5 Å². The Bertz CT molecular complexity index is 382. The first-order valence-electron chi connectivity index (χ1n) is 4.75. The number of hydrogen-bond acceptors (Lipinski definition) is 5.